The maximum Gasteiger partial charge on any atom is 0.343 e. The van der Waals surface area contributed by atoms with E-state index < -0.39 is 331 Å². The second-order valence-electron chi connectivity index (χ2n) is 32.4. The molecule has 0 amide bonds. The summed E-state index contributed by atoms with van der Waals surface area (Å²) in [5.74, 6) is -56.2. The predicted molar refractivity (Wildman–Crippen MR) is 490 cm³/mol. The van der Waals surface area contributed by atoms with Gasteiger partial charge in [0.05, 0.1) is 61.0 Å². The number of hydrogen-bond acceptors (Lipinski definition) is 49. The Hall–Kier alpha value is -20.3. The molecule has 1 fully saturated rings. The molecule has 1 aliphatic rings. The van der Waals surface area contributed by atoms with Crippen molar-refractivity contribution in [2.24, 2.45) is 0 Å². The maximum absolute atomic E-state index is 15.3. The minimum Gasteiger partial charge on any atom is -0.504 e. The predicted octanol–water partition coefficient (Wildman–Crippen LogP) is 9.49. The summed E-state index contributed by atoms with van der Waals surface area (Å²) in [6.07, 6.45) is -13.7. The second-order valence-corrected chi connectivity index (χ2v) is 32.4. The molecule has 0 aliphatic carbocycles. The van der Waals surface area contributed by atoms with Crippen LogP contribution in [0.2, 0.25) is 0 Å². The van der Waals surface area contributed by atoms with E-state index in [0.717, 1.165) is 12.8 Å². The summed E-state index contributed by atoms with van der Waals surface area (Å²) in [6, 6.07) is 29.8. The number of benzene rings is 12. The topological polar surface area (TPSA) is 808 Å². The molecule has 7 atom stereocenters. The maximum atomic E-state index is 15.3. The van der Waals surface area contributed by atoms with Crippen molar-refractivity contribution in [1.82, 2.24) is 4.90 Å². The van der Waals surface area contributed by atoms with E-state index in [1.165, 1.54) is 18.1 Å². The Morgan fingerprint density at radius 3 is 0.764 bits per heavy atom. The van der Waals surface area contributed by atoms with Gasteiger partial charge in [-0.05, 0) is 166 Å². The largest absolute Gasteiger partial charge is 0.504 e. The van der Waals surface area contributed by atoms with Gasteiger partial charge in [0, 0.05) is 13.0 Å². The highest BCUT2D eigenvalue weighted by molar-refractivity contribution is 6.00. The first-order chi connectivity index (χ1) is 69.8. The van der Waals surface area contributed by atoms with E-state index in [1.54, 1.807) is 0 Å². The van der Waals surface area contributed by atoms with Gasteiger partial charge in [-0.2, -0.15) is 0 Å². The van der Waals surface area contributed by atoms with Gasteiger partial charge in [-0.25, -0.2) is 47.9 Å². The SMILES string of the molecule is CC[C@H](OC(C)=O)C(C[C@@H](C)N(C)C)(c1ccccc1)c1ccccc1.O=C(OC[C@H]1O[C@@H](OC(=O)c2cc(O)c(O)c(OC(=O)c3cc(O)c(O)c(O)c3)c2)[C@H](OC(=O)c2cc(O)c(O)c(OC(=O)c3cc(O)c(O)c(O)c3)c2)[C@@H](OC(=O)c2cc(O)c(O)c(OC(=O)c3cc(O)c(O)c(O)c3)c2)[C@@H]1OC(=O)c1cc(O)c(O)c(OC(=O)c2cc(O)c(O)c(O)c2)c1)c1cc(O)c(O)c(OC(=O)c2cc(O)c(O)c(O)c2)c1. The monoisotopic (exact) mass is 2050 g/mol. The highest BCUT2D eigenvalue weighted by Crippen LogP contribution is 2.50. The van der Waals surface area contributed by atoms with Crippen molar-refractivity contribution < 1.29 is 237 Å². The van der Waals surface area contributed by atoms with Crippen molar-refractivity contribution in [2.75, 3.05) is 20.7 Å². The Kier molecular flexibility index (Phi) is 31.6. The number of ether oxygens (including phenoxy) is 12. The van der Waals surface area contributed by atoms with E-state index in [9.17, 15) is 166 Å². The zero-order chi connectivity index (χ0) is 109. The van der Waals surface area contributed by atoms with Gasteiger partial charge in [0.25, 0.3) is 0 Å². The van der Waals surface area contributed by atoms with Gasteiger partial charge in [-0.15, -0.1) is 0 Å². The summed E-state index contributed by atoms with van der Waals surface area (Å²) >= 11 is 0. The number of phenols is 25. The van der Waals surface area contributed by atoms with E-state index in [4.69, 9.17) is 56.8 Å². The molecule has 49 heteroatoms. The van der Waals surface area contributed by atoms with Crippen LogP contribution in [0.25, 0.3) is 0 Å². The summed E-state index contributed by atoms with van der Waals surface area (Å²) in [7, 11) is 4.19. The molecule has 772 valence electrons. The van der Waals surface area contributed by atoms with Crippen LogP contribution in [0.3, 0.4) is 0 Å². The second kappa shape index (κ2) is 43.9. The fraction of sp³-hybridized carbons (Fsp3) is 0.162. The Labute approximate surface area is 828 Å². The number of nitrogens with zero attached hydrogens (tertiary/aromatic N) is 1. The minimum atomic E-state index is -3.12. The molecule has 0 spiro atoms. The molecule has 0 unspecified atom stereocenters. The number of esters is 11. The van der Waals surface area contributed by atoms with E-state index in [2.05, 4.69) is 81.4 Å². The van der Waals surface area contributed by atoms with Crippen molar-refractivity contribution in [3.05, 3.63) is 249 Å². The average Bonchev–Trinajstić information content (AvgIpc) is 0.791. The van der Waals surface area contributed by atoms with Gasteiger partial charge >= 0.3 is 65.7 Å². The summed E-state index contributed by atoms with van der Waals surface area (Å²) in [4.78, 5) is 157. The molecule has 13 rings (SSSR count). The van der Waals surface area contributed by atoms with Gasteiger partial charge in [0.1, 0.15) is 18.8 Å². The van der Waals surface area contributed by atoms with Gasteiger partial charge in [0.15, 0.2) is 156 Å². The minimum absolute atomic E-state index is 0.229. The summed E-state index contributed by atoms with van der Waals surface area (Å²) < 4.78 is 66.3. The lowest BCUT2D eigenvalue weighted by atomic mass is 9.66. The number of hydrogen-bond donors (Lipinski definition) is 25. The molecule has 12 aromatic carbocycles. The molecule has 148 heavy (non-hydrogen) atoms. The zero-order valence-corrected chi connectivity index (χ0v) is 76.5. The number of phenolic OH excluding ortho intramolecular Hbond substituents is 25. The number of aromatic hydroxyl groups is 25. The van der Waals surface area contributed by atoms with Crippen LogP contribution >= 0.6 is 0 Å². The molecule has 1 heterocycles. The Morgan fingerprint density at radius 1 is 0.297 bits per heavy atom. The fourth-order valence-electron chi connectivity index (χ4n) is 14.6. The Morgan fingerprint density at radius 2 is 0.520 bits per heavy atom. The Bertz CT molecular complexity index is 7130. The zero-order valence-electron chi connectivity index (χ0n) is 76.5. The van der Waals surface area contributed by atoms with Crippen LogP contribution in [-0.2, 0) is 43.4 Å². The highest BCUT2D eigenvalue weighted by atomic mass is 16.8. The third-order valence-corrected chi connectivity index (χ3v) is 22.2. The standard InChI is InChI=1S/C76H52O46.C23H31NO2/c77-32-1-22(2-33(78)53(32)92)67(103)113-47-16-27(11-42(87)58(47)97)66(102)112-21-52-63(119-72(108)28-12-43(88)59(98)48(17-28)114-68(104)23-3-34(79)54(93)35(80)4-23)64(120-73(109)29-13-44(89)60(99)49(18-29)115-69(105)24-5-36(81)55(94)37(82)6-24)65(121-74(110)30-14-45(90)61(100)50(19-30)116-70(106)25-7-38(83)56(95)39(84)8-25)76(118-52)122-75(111)31-15-46(91)62(101)51(20-31)117-71(107)26-9-40(85)57(96)41(86)10-26;1-6-22(26-19(3)25)23(17-18(2)24(4)5,20-13-9-7-10-14-20)21-15-11-8-12-16-21/h1-20,52,63-65,76-101H,21H2;7-16,18,22H,6,17H2,1-5H3/t52-,63-,64+,65-,76+;18-,22+/m11/s1. The quantitative estimate of drug-likeness (QED) is 0.00897. The lowest BCUT2D eigenvalue weighted by Gasteiger charge is -2.43. The first kappa shape index (κ1) is 107. The lowest BCUT2D eigenvalue weighted by Crippen LogP contribution is -2.63. The van der Waals surface area contributed by atoms with Crippen LogP contribution in [-0.4, -0.2) is 262 Å². The normalized spacial score (nSPS) is 14.5. The molecule has 0 radical (unpaired) electrons. The Balaban J connectivity index is 0.000000648. The molecule has 0 bridgehead atoms. The smallest absolute Gasteiger partial charge is 0.343 e. The van der Waals surface area contributed by atoms with Crippen molar-refractivity contribution in [3.8, 4) is 172 Å². The summed E-state index contributed by atoms with van der Waals surface area (Å²) in [5, 5.41) is 261. The van der Waals surface area contributed by atoms with Crippen LogP contribution < -0.4 is 23.7 Å². The number of carbonyl (C=O) groups excluding carboxylic acids is 11. The van der Waals surface area contributed by atoms with Crippen molar-refractivity contribution in [2.45, 2.75) is 81.9 Å². The molecule has 1 saturated heterocycles. The van der Waals surface area contributed by atoms with Gasteiger partial charge < -0.3 is 189 Å². The van der Waals surface area contributed by atoms with Crippen LogP contribution in [0, 0.1) is 0 Å². The molecule has 0 saturated carbocycles. The van der Waals surface area contributed by atoms with Gasteiger partial charge in [-0.3, -0.25) is 4.79 Å². The molecular formula is C99H83NO48. The van der Waals surface area contributed by atoms with Crippen molar-refractivity contribution in [3.63, 3.8) is 0 Å². The molecule has 12 aromatic rings. The van der Waals surface area contributed by atoms with Crippen LogP contribution in [0.5, 0.6) is 172 Å². The van der Waals surface area contributed by atoms with Crippen LogP contribution in [0.1, 0.15) is 148 Å². The van der Waals surface area contributed by atoms with Crippen LogP contribution in [0.4, 0.5) is 0 Å². The van der Waals surface area contributed by atoms with Crippen molar-refractivity contribution in [1.29, 1.82) is 0 Å². The third-order valence-electron chi connectivity index (χ3n) is 22.2. The molecule has 0 aromatic heterocycles. The first-order valence-electron chi connectivity index (χ1n) is 42.5. The van der Waals surface area contributed by atoms with E-state index in [0.29, 0.717) is 127 Å². The highest BCUT2D eigenvalue weighted by Gasteiger charge is 2.56. The van der Waals surface area contributed by atoms with Crippen molar-refractivity contribution >= 4 is 65.7 Å². The number of carbonyl (C=O) groups is 11. The van der Waals surface area contributed by atoms with Crippen LogP contribution in [0.15, 0.2) is 182 Å². The van der Waals surface area contributed by atoms with E-state index >= 15 is 14.4 Å². The van der Waals surface area contributed by atoms with E-state index in [-0.39, 0.29) is 12.1 Å². The average molecular weight is 2050 g/mol. The van der Waals surface area contributed by atoms with E-state index in [1.807, 2.05) is 12.1 Å². The van der Waals surface area contributed by atoms with Gasteiger partial charge in [0.2, 0.25) is 41.1 Å². The van der Waals surface area contributed by atoms with Gasteiger partial charge in [-0.1, -0.05) is 67.6 Å². The molecular weight excluding hydrogens is 1970 g/mol. The summed E-state index contributed by atoms with van der Waals surface area (Å²) in [6.45, 7) is 4.11. The number of rotatable bonds is 29. The molecule has 1 aliphatic heterocycles. The molecule has 25 N–H and O–H groups in total. The summed E-state index contributed by atoms with van der Waals surface area (Å²) in [5.41, 5.74) is -7.91. The fourth-order valence-corrected chi connectivity index (χ4v) is 14.6. The third kappa shape index (κ3) is 23.3. The molecule has 49 nitrogen and oxygen atoms in total. The first-order valence-corrected chi connectivity index (χ1v) is 42.5. The lowest BCUT2D eigenvalue weighted by molar-refractivity contribution is -0.282.